The van der Waals surface area contributed by atoms with Crippen molar-refractivity contribution in [3.8, 4) is 16.8 Å². The van der Waals surface area contributed by atoms with Gasteiger partial charge in [0.1, 0.15) is 29.3 Å². The molecule has 11 aromatic rings. The molecular formula is C51H34N4OS. The Morgan fingerprint density at radius 2 is 1.14 bits per heavy atom. The van der Waals surface area contributed by atoms with E-state index in [9.17, 15) is 0 Å². The normalized spacial score (nSPS) is 15.9. The zero-order valence-electron chi connectivity index (χ0n) is 30.7. The first kappa shape index (κ1) is 32.3. The van der Waals surface area contributed by atoms with Gasteiger partial charge in [0.15, 0.2) is 0 Å². The smallest absolute Gasteiger partial charge is 0.135 e. The molecule has 0 saturated carbocycles. The number of nitrogens with zero attached hydrogens (tertiary/aromatic N) is 2. The van der Waals surface area contributed by atoms with Crippen molar-refractivity contribution in [1.29, 1.82) is 0 Å². The van der Waals surface area contributed by atoms with Gasteiger partial charge < -0.3 is 14.3 Å². The molecule has 0 bridgehead atoms. The zero-order chi connectivity index (χ0) is 37.5. The summed E-state index contributed by atoms with van der Waals surface area (Å²) in [7, 11) is 0. The molecular weight excluding hydrogens is 717 g/mol. The van der Waals surface area contributed by atoms with Crippen molar-refractivity contribution >= 4 is 81.1 Å². The molecule has 0 radical (unpaired) electrons. The van der Waals surface area contributed by atoms with Crippen molar-refractivity contribution in [2.45, 2.75) is 12.3 Å². The van der Waals surface area contributed by atoms with Crippen LogP contribution in [0.1, 0.15) is 29.0 Å². The first-order valence-electron chi connectivity index (χ1n) is 19.3. The van der Waals surface area contributed by atoms with Crippen molar-refractivity contribution in [3.05, 3.63) is 199 Å². The molecule has 3 aromatic heterocycles. The van der Waals surface area contributed by atoms with Crippen LogP contribution in [0.15, 0.2) is 191 Å². The summed E-state index contributed by atoms with van der Waals surface area (Å²) in [5.41, 5.74) is 11.0. The Kier molecular flexibility index (Phi) is 7.24. The van der Waals surface area contributed by atoms with E-state index in [1.807, 2.05) is 23.5 Å². The molecule has 2 unspecified atom stereocenters. The predicted octanol–water partition coefficient (Wildman–Crippen LogP) is 13.1. The van der Waals surface area contributed by atoms with Gasteiger partial charge in [0.25, 0.3) is 0 Å². The van der Waals surface area contributed by atoms with Crippen molar-refractivity contribution < 1.29 is 4.42 Å². The quantitative estimate of drug-likeness (QED) is 0.184. The van der Waals surface area contributed by atoms with E-state index in [0.29, 0.717) is 0 Å². The molecule has 1 aliphatic heterocycles. The molecule has 8 aromatic carbocycles. The molecule has 270 valence electrons. The van der Waals surface area contributed by atoms with Gasteiger partial charge in [-0.3, -0.25) is 5.32 Å². The lowest BCUT2D eigenvalue weighted by molar-refractivity contribution is 0.409. The monoisotopic (exact) mass is 750 g/mol. The Bertz CT molecular complexity index is 3320. The van der Waals surface area contributed by atoms with E-state index in [4.69, 9.17) is 9.41 Å². The maximum atomic E-state index is 6.44. The Morgan fingerprint density at radius 1 is 0.491 bits per heavy atom. The Hall–Kier alpha value is -6.99. The largest absolute Gasteiger partial charge is 0.456 e. The van der Waals surface area contributed by atoms with Gasteiger partial charge in [0, 0.05) is 47.3 Å². The summed E-state index contributed by atoms with van der Waals surface area (Å²) in [6.07, 6.45) is -0.368. The maximum Gasteiger partial charge on any atom is 0.135 e. The molecule has 5 nitrogen and oxygen atoms in total. The number of nitrogens with one attached hydrogen (secondary N) is 2. The van der Waals surface area contributed by atoms with E-state index in [1.54, 1.807) is 0 Å². The summed E-state index contributed by atoms with van der Waals surface area (Å²) in [4.78, 5) is 5.21. The second kappa shape index (κ2) is 12.8. The van der Waals surface area contributed by atoms with Crippen LogP contribution in [0, 0.1) is 0 Å². The molecule has 0 saturated heterocycles. The highest BCUT2D eigenvalue weighted by Crippen LogP contribution is 2.43. The van der Waals surface area contributed by atoms with Gasteiger partial charge in [-0.1, -0.05) is 121 Å². The fourth-order valence-corrected chi connectivity index (χ4v) is 9.90. The number of thiophene rings is 1. The van der Waals surface area contributed by atoms with Crippen LogP contribution >= 0.6 is 11.3 Å². The van der Waals surface area contributed by atoms with Crippen molar-refractivity contribution in [1.82, 2.24) is 15.2 Å². The van der Waals surface area contributed by atoms with Crippen LogP contribution in [-0.2, 0) is 0 Å². The van der Waals surface area contributed by atoms with Gasteiger partial charge in [-0.05, 0) is 82.9 Å². The number of aliphatic imine (C=N–C) groups is 1. The van der Waals surface area contributed by atoms with E-state index >= 15 is 0 Å². The van der Waals surface area contributed by atoms with E-state index in [1.165, 1.54) is 53.2 Å². The Morgan fingerprint density at radius 3 is 1.91 bits per heavy atom. The number of amidine groups is 1. The number of hydrogen-bond acceptors (Lipinski definition) is 5. The van der Waals surface area contributed by atoms with Crippen LogP contribution in [0.3, 0.4) is 0 Å². The zero-order valence-corrected chi connectivity index (χ0v) is 31.5. The minimum absolute atomic E-state index is 0.106. The molecule has 0 aliphatic carbocycles. The summed E-state index contributed by atoms with van der Waals surface area (Å²) < 4.78 is 11.4. The summed E-state index contributed by atoms with van der Waals surface area (Å²) >= 11 is 1.86. The van der Waals surface area contributed by atoms with Crippen LogP contribution < -0.4 is 10.6 Å². The molecule has 12 rings (SSSR count). The third-order valence-corrected chi connectivity index (χ3v) is 12.6. The molecule has 2 N–H and O–H groups in total. The lowest BCUT2D eigenvalue weighted by atomic mass is 9.99. The lowest BCUT2D eigenvalue weighted by Gasteiger charge is -2.32. The highest BCUT2D eigenvalue weighted by Gasteiger charge is 2.26. The summed E-state index contributed by atoms with van der Waals surface area (Å²) in [5.74, 6) is 0.866. The van der Waals surface area contributed by atoms with Gasteiger partial charge in [-0.2, -0.15) is 0 Å². The van der Waals surface area contributed by atoms with Crippen LogP contribution in [0.4, 0.5) is 0 Å². The molecule has 6 heteroatoms. The van der Waals surface area contributed by atoms with Gasteiger partial charge in [0.05, 0.1) is 16.7 Å². The highest BCUT2D eigenvalue weighted by atomic mass is 32.1. The average Bonchev–Trinajstić information content (AvgIpc) is 3.95. The van der Waals surface area contributed by atoms with E-state index < -0.39 is 0 Å². The summed E-state index contributed by atoms with van der Waals surface area (Å²) in [5, 5.41) is 14.7. The minimum Gasteiger partial charge on any atom is -0.456 e. The van der Waals surface area contributed by atoms with E-state index in [-0.39, 0.29) is 12.3 Å². The number of aromatic nitrogens is 1. The topological polar surface area (TPSA) is 54.5 Å². The molecule has 4 heterocycles. The summed E-state index contributed by atoms with van der Waals surface area (Å²) in [6.45, 7) is 0. The molecule has 0 fully saturated rings. The van der Waals surface area contributed by atoms with Gasteiger partial charge in [-0.25, -0.2) is 4.99 Å². The number of rotatable bonds is 5. The van der Waals surface area contributed by atoms with Crippen LogP contribution in [0.5, 0.6) is 0 Å². The maximum absolute atomic E-state index is 6.44. The summed E-state index contributed by atoms with van der Waals surface area (Å²) in [6, 6.07) is 65.0. The SMILES string of the molecule is c1ccc(C2=NC(c3ccc4oc5ccc(-c6ccc7sc8cccc(-n9c%10ccccc%10c%10ccccc%109)c8c7c6)cc5c4c3)NC(c3ccccc3)N2)cc1. The molecule has 1 aliphatic rings. The molecule has 57 heavy (non-hydrogen) atoms. The third kappa shape index (κ3) is 5.22. The second-order valence-corrected chi connectivity index (χ2v) is 15.9. The third-order valence-electron chi connectivity index (χ3n) is 11.5. The second-order valence-electron chi connectivity index (χ2n) is 14.8. The van der Waals surface area contributed by atoms with Crippen LogP contribution in [0.25, 0.3) is 80.7 Å². The number of para-hydroxylation sites is 2. The van der Waals surface area contributed by atoms with Gasteiger partial charge in [-0.15, -0.1) is 11.3 Å². The highest BCUT2D eigenvalue weighted by molar-refractivity contribution is 7.25. The molecule has 2 atom stereocenters. The van der Waals surface area contributed by atoms with Crippen molar-refractivity contribution in [3.63, 3.8) is 0 Å². The fourth-order valence-electron chi connectivity index (χ4n) is 8.79. The average molecular weight is 751 g/mol. The predicted molar refractivity (Wildman–Crippen MR) is 238 cm³/mol. The van der Waals surface area contributed by atoms with Crippen molar-refractivity contribution in [2.24, 2.45) is 4.99 Å². The number of hydrogen-bond donors (Lipinski definition) is 2. The van der Waals surface area contributed by atoms with Gasteiger partial charge >= 0.3 is 0 Å². The minimum atomic E-state index is -0.262. The van der Waals surface area contributed by atoms with E-state index in [2.05, 4.69) is 185 Å². The number of furan rings is 1. The first-order valence-corrected chi connectivity index (χ1v) is 20.2. The van der Waals surface area contributed by atoms with Gasteiger partial charge in [0.2, 0.25) is 0 Å². The Balaban J connectivity index is 0.979. The van der Waals surface area contributed by atoms with Crippen LogP contribution in [-0.4, -0.2) is 10.4 Å². The lowest BCUT2D eigenvalue weighted by Crippen LogP contribution is -2.44. The molecule has 0 spiro atoms. The van der Waals surface area contributed by atoms with E-state index in [0.717, 1.165) is 50.0 Å². The Labute approximate surface area is 332 Å². The number of benzene rings is 8. The fraction of sp³-hybridized carbons (Fsp3) is 0.0392. The number of fused-ring (bicyclic) bond motifs is 9. The standard InChI is InChI=1S/C51H34N4OS/c1-3-12-31(13-4-1)49-52-50(32-14-5-2-6-15-32)54-51(53-49)35-23-26-45-39(30-35)38-28-33(22-25-44(38)56-45)34-24-27-46-40(29-34)48-43(20-11-21-47(48)57-46)55-41-18-9-7-16-36(41)37-17-8-10-19-42(37)55/h1-30,49,51,53H,(H,52,54). The first-order chi connectivity index (χ1) is 28.2. The van der Waals surface area contributed by atoms with Crippen LogP contribution in [0.2, 0.25) is 0 Å². The molecule has 0 amide bonds. The van der Waals surface area contributed by atoms with Crippen molar-refractivity contribution in [2.75, 3.05) is 0 Å².